The molecule has 0 radical (unpaired) electrons. The number of aliphatic hydroxyl groups is 1. The minimum atomic E-state index is -1.04. The Hall–Kier alpha value is -1.36. The number of rotatable bonds is 1. The van der Waals surface area contributed by atoms with Crippen LogP contribution in [0.1, 0.15) is 35.6 Å². The molecule has 0 aromatic carbocycles. The molecule has 82 valence electrons. The molecule has 0 spiro atoms. The molecule has 1 aromatic heterocycles. The third-order valence-electron chi connectivity index (χ3n) is 3.09. The third kappa shape index (κ3) is 1.52. The van der Waals surface area contributed by atoms with Crippen LogP contribution in [0, 0.1) is 5.41 Å². The van der Waals surface area contributed by atoms with Crippen molar-refractivity contribution in [2.45, 2.75) is 32.8 Å². The molecule has 5 nitrogen and oxygen atoms in total. The van der Waals surface area contributed by atoms with Gasteiger partial charge in [-0.2, -0.15) is 5.10 Å². The number of hydrogen-bond acceptors (Lipinski definition) is 3. The van der Waals surface area contributed by atoms with E-state index in [9.17, 15) is 9.90 Å². The number of aromatic amines is 1. The molecule has 1 atom stereocenters. The molecular formula is C10H14N2O3. The Labute approximate surface area is 87.1 Å². The predicted molar refractivity (Wildman–Crippen MR) is 52.7 cm³/mol. The Balaban J connectivity index is 2.43. The Bertz CT molecular complexity index is 409. The van der Waals surface area contributed by atoms with Crippen molar-refractivity contribution in [2.75, 3.05) is 0 Å². The van der Waals surface area contributed by atoms with Gasteiger partial charge in [0.1, 0.15) is 0 Å². The zero-order chi connectivity index (χ0) is 11.2. The van der Waals surface area contributed by atoms with E-state index in [2.05, 4.69) is 10.2 Å². The molecule has 1 aliphatic carbocycles. The van der Waals surface area contributed by atoms with Crippen LogP contribution in [0.2, 0.25) is 0 Å². The van der Waals surface area contributed by atoms with Crippen LogP contribution in [0.3, 0.4) is 0 Å². The number of aromatic carboxylic acids is 1. The van der Waals surface area contributed by atoms with Gasteiger partial charge in [-0.3, -0.25) is 5.10 Å². The Kier molecular flexibility index (Phi) is 2.08. The quantitative estimate of drug-likeness (QED) is 0.633. The van der Waals surface area contributed by atoms with E-state index in [0.717, 1.165) is 5.69 Å². The van der Waals surface area contributed by atoms with Crippen molar-refractivity contribution in [3.8, 4) is 0 Å². The Morgan fingerprint density at radius 3 is 2.87 bits per heavy atom. The molecule has 0 saturated carbocycles. The van der Waals surface area contributed by atoms with E-state index in [4.69, 9.17) is 5.11 Å². The summed E-state index contributed by atoms with van der Waals surface area (Å²) in [6.45, 7) is 3.92. The van der Waals surface area contributed by atoms with E-state index >= 15 is 0 Å². The zero-order valence-corrected chi connectivity index (χ0v) is 8.74. The molecule has 2 rings (SSSR count). The Morgan fingerprint density at radius 1 is 1.60 bits per heavy atom. The number of carbonyl (C=O) groups is 1. The van der Waals surface area contributed by atoms with Gasteiger partial charge in [-0.25, -0.2) is 4.79 Å². The number of carboxylic acids is 1. The fourth-order valence-electron chi connectivity index (χ4n) is 1.99. The normalized spacial score (nSPS) is 23.5. The van der Waals surface area contributed by atoms with Crippen LogP contribution in [-0.4, -0.2) is 32.5 Å². The van der Waals surface area contributed by atoms with E-state index in [1.54, 1.807) is 0 Å². The first-order valence-electron chi connectivity index (χ1n) is 4.89. The van der Waals surface area contributed by atoms with Crippen molar-refractivity contribution < 1.29 is 15.0 Å². The maximum absolute atomic E-state index is 10.8. The summed E-state index contributed by atoms with van der Waals surface area (Å²) in [5, 5.41) is 25.3. The van der Waals surface area contributed by atoms with Crippen LogP contribution in [0.15, 0.2) is 0 Å². The molecule has 0 fully saturated rings. The second kappa shape index (κ2) is 3.06. The zero-order valence-electron chi connectivity index (χ0n) is 8.74. The van der Waals surface area contributed by atoms with Crippen molar-refractivity contribution in [2.24, 2.45) is 5.41 Å². The van der Waals surface area contributed by atoms with Gasteiger partial charge in [-0.15, -0.1) is 0 Å². The van der Waals surface area contributed by atoms with Gasteiger partial charge in [-0.05, 0) is 11.8 Å². The maximum Gasteiger partial charge on any atom is 0.356 e. The van der Waals surface area contributed by atoms with E-state index in [1.165, 1.54) is 0 Å². The minimum Gasteiger partial charge on any atom is -0.476 e. The van der Waals surface area contributed by atoms with Crippen molar-refractivity contribution in [1.82, 2.24) is 10.2 Å². The average molecular weight is 210 g/mol. The van der Waals surface area contributed by atoms with Crippen LogP contribution in [-0.2, 0) is 12.8 Å². The van der Waals surface area contributed by atoms with E-state index in [0.29, 0.717) is 18.4 Å². The largest absolute Gasteiger partial charge is 0.476 e. The highest BCUT2D eigenvalue weighted by atomic mass is 16.4. The highest BCUT2D eigenvalue weighted by Crippen LogP contribution is 2.35. The molecule has 0 aliphatic heterocycles. The van der Waals surface area contributed by atoms with Gasteiger partial charge in [-0.1, -0.05) is 13.8 Å². The van der Waals surface area contributed by atoms with Gasteiger partial charge in [0.25, 0.3) is 0 Å². The summed E-state index contributed by atoms with van der Waals surface area (Å²) in [7, 11) is 0. The molecule has 1 heterocycles. The van der Waals surface area contributed by atoms with E-state index < -0.39 is 12.1 Å². The minimum absolute atomic E-state index is 0.0413. The molecule has 15 heavy (non-hydrogen) atoms. The fourth-order valence-corrected chi connectivity index (χ4v) is 1.99. The van der Waals surface area contributed by atoms with Crippen LogP contribution in [0.5, 0.6) is 0 Å². The maximum atomic E-state index is 10.8. The Morgan fingerprint density at radius 2 is 2.27 bits per heavy atom. The van der Waals surface area contributed by atoms with Crippen LogP contribution in [0.25, 0.3) is 0 Å². The van der Waals surface area contributed by atoms with E-state index in [-0.39, 0.29) is 11.1 Å². The summed E-state index contributed by atoms with van der Waals surface area (Å²) < 4.78 is 0. The lowest BCUT2D eigenvalue weighted by Crippen LogP contribution is -2.37. The first kappa shape index (κ1) is 10.2. The molecule has 0 amide bonds. The summed E-state index contributed by atoms with van der Waals surface area (Å²) in [5.41, 5.74) is 1.30. The standard InChI is InChI=1S/C10H14N2O3/c1-10(2)4-6-5(3-7(10)13)8(9(14)15)12-11-6/h7,13H,3-4H2,1-2H3,(H,11,12)(H,14,15). The topological polar surface area (TPSA) is 86.2 Å². The van der Waals surface area contributed by atoms with Gasteiger partial charge >= 0.3 is 5.97 Å². The van der Waals surface area contributed by atoms with Crippen molar-refractivity contribution >= 4 is 5.97 Å². The summed E-state index contributed by atoms with van der Waals surface area (Å²) in [6, 6.07) is 0. The van der Waals surface area contributed by atoms with Gasteiger partial charge in [0.15, 0.2) is 5.69 Å². The highest BCUT2D eigenvalue weighted by molar-refractivity contribution is 5.87. The van der Waals surface area contributed by atoms with Gasteiger partial charge < -0.3 is 10.2 Å². The molecular weight excluding hydrogens is 196 g/mol. The number of hydrogen-bond donors (Lipinski definition) is 3. The summed E-state index contributed by atoms with van der Waals surface area (Å²) >= 11 is 0. The summed E-state index contributed by atoms with van der Waals surface area (Å²) in [5.74, 6) is -1.04. The molecule has 1 aromatic rings. The van der Waals surface area contributed by atoms with Gasteiger partial charge in [0, 0.05) is 17.7 Å². The molecule has 3 N–H and O–H groups in total. The second-order valence-electron chi connectivity index (χ2n) is 4.72. The van der Waals surface area contributed by atoms with Crippen molar-refractivity contribution in [3.63, 3.8) is 0 Å². The number of carboxylic acid groups (broad SMARTS) is 1. The second-order valence-corrected chi connectivity index (χ2v) is 4.72. The monoisotopic (exact) mass is 210 g/mol. The highest BCUT2D eigenvalue weighted by Gasteiger charge is 2.37. The lowest BCUT2D eigenvalue weighted by molar-refractivity contribution is 0.0413. The molecule has 5 heteroatoms. The molecule has 1 unspecified atom stereocenters. The number of H-pyrrole nitrogens is 1. The summed E-state index contributed by atoms with van der Waals surface area (Å²) in [4.78, 5) is 10.8. The molecule has 0 saturated heterocycles. The van der Waals surface area contributed by atoms with Crippen molar-refractivity contribution in [3.05, 3.63) is 17.0 Å². The van der Waals surface area contributed by atoms with Crippen LogP contribution >= 0.6 is 0 Å². The molecule has 1 aliphatic rings. The van der Waals surface area contributed by atoms with Gasteiger partial charge in [0.2, 0.25) is 0 Å². The third-order valence-corrected chi connectivity index (χ3v) is 3.09. The lowest BCUT2D eigenvalue weighted by atomic mass is 9.74. The smallest absolute Gasteiger partial charge is 0.356 e. The van der Waals surface area contributed by atoms with Crippen molar-refractivity contribution in [1.29, 1.82) is 0 Å². The number of nitrogens with zero attached hydrogens (tertiary/aromatic N) is 1. The molecule has 0 bridgehead atoms. The first-order valence-corrected chi connectivity index (χ1v) is 4.89. The van der Waals surface area contributed by atoms with Gasteiger partial charge in [0.05, 0.1) is 6.10 Å². The predicted octanol–water partition coefficient (Wildman–Crippen LogP) is 0.594. The van der Waals surface area contributed by atoms with E-state index in [1.807, 2.05) is 13.8 Å². The summed E-state index contributed by atoms with van der Waals surface area (Å²) in [6.07, 6.45) is 0.477. The average Bonchev–Trinajstić information content (AvgIpc) is 2.47. The number of nitrogens with one attached hydrogen (secondary N) is 1. The SMILES string of the molecule is CC1(C)Cc2[nH]nc(C(=O)O)c2CC1O. The lowest BCUT2D eigenvalue weighted by Gasteiger charge is -2.34. The number of aromatic nitrogens is 2. The van der Waals surface area contributed by atoms with Crippen LogP contribution in [0.4, 0.5) is 0 Å². The number of fused-ring (bicyclic) bond motifs is 1. The van der Waals surface area contributed by atoms with Crippen LogP contribution < -0.4 is 0 Å². The fraction of sp³-hybridized carbons (Fsp3) is 0.600. The number of aliphatic hydroxyl groups excluding tert-OH is 1. The first-order chi connectivity index (χ1) is 6.92.